The first-order chi connectivity index (χ1) is 12.2. The lowest BCUT2D eigenvalue weighted by molar-refractivity contribution is 0.101. The van der Waals surface area contributed by atoms with Crippen molar-refractivity contribution < 1.29 is 18.0 Å². The summed E-state index contributed by atoms with van der Waals surface area (Å²) in [6.45, 7) is 5.72. The predicted octanol–water partition coefficient (Wildman–Crippen LogP) is 2.51. The Hall–Kier alpha value is -2.45. The summed E-state index contributed by atoms with van der Waals surface area (Å²) in [5, 5.41) is 2.71. The molecule has 8 heteroatoms. The first-order valence-electron chi connectivity index (χ1n) is 8.29. The topological polar surface area (TPSA) is 88.5 Å². The van der Waals surface area contributed by atoms with Crippen molar-refractivity contribution in [2.45, 2.75) is 25.7 Å². The van der Waals surface area contributed by atoms with Gasteiger partial charge in [-0.1, -0.05) is 13.8 Å². The van der Waals surface area contributed by atoms with E-state index in [9.17, 15) is 18.0 Å². The lowest BCUT2D eigenvalue weighted by Crippen LogP contribution is -2.30. The molecular weight excluding hydrogens is 354 g/mol. The Morgan fingerprint density at radius 1 is 1.12 bits per heavy atom. The molecule has 0 aliphatic heterocycles. The zero-order valence-corrected chi connectivity index (χ0v) is 16.1. The van der Waals surface area contributed by atoms with Gasteiger partial charge in [-0.05, 0) is 37.3 Å². The van der Waals surface area contributed by atoms with E-state index >= 15 is 0 Å². The van der Waals surface area contributed by atoms with Crippen molar-refractivity contribution in [3.63, 3.8) is 0 Å². The third kappa shape index (κ3) is 4.03. The van der Waals surface area contributed by atoms with E-state index in [0.717, 1.165) is 0 Å². The van der Waals surface area contributed by atoms with E-state index in [1.54, 1.807) is 45.2 Å². The minimum absolute atomic E-state index is 0.0587. The van der Waals surface area contributed by atoms with E-state index in [1.807, 2.05) is 0 Å². The maximum atomic E-state index is 12.6. The van der Waals surface area contributed by atoms with Gasteiger partial charge in [0, 0.05) is 37.6 Å². The molecule has 0 aliphatic rings. The van der Waals surface area contributed by atoms with Gasteiger partial charge in [-0.15, -0.1) is 0 Å². The minimum atomic E-state index is -3.63. The van der Waals surface area contributed by atoms with Crippen molar-refractivity contribution in [2.75, 3.05) is 18.4 Å². The van der Waals surface area contributed by atoms with Crippen LogP contribution in [0.4, 0.5) is 5.69 Å². The summed E-state index contributed by atoms with van der Waals surface area (Å²) in [7, 11) is -2.01. The normalized spacial score (nSPS) is 11.6. The van der Waals surface area contributed by atoms with Gasteiger partial charge in [-0.3, -0.25) is 9.59 Å². The standard InChI is InChI=1S/C18H23N3O4S/c1-5-21(6-2)26(24,25)16-11-17(20(4)12-16)18(23)19-15-9-7-14(8-10-15)13(3)22/h7-12H,5-6H2,1-4H3,(H,19,23). The number of benzene rings is 1. The summed E-state index contributed by atoms with van der Waals surface area (Å²) in [5.74, 6) is -0.486. The number of hydrogen-bond donors (Lipinski definition) is 1. The van der Waals surface area contributed by atoms with Gasteiger partial charge in [0.05, 0.1) is 0 Å². The average Bonchev–Trinajstić information content (AvgIpc) is 2.99. The molecule has 2 aromatic rings. The number of sulfonamides is 1. The molecule has 7 nitrogen and oxygen atoms in total. The van der Waals surface area contributed by atoms with Gasteiger partial charge >= 0.3 is 0 Å². The molecule has 2 rings (SSSR count). The van der Waals surface area contributed by atoms with Crippen LogP contribution < -0.4 is 5.32 Å². The first-order valence-corrected chi connectivity index (χ1v) is 9.73. The van der Waals surface area contributed by atoms with Gasteiger partial charge in [0.1, 0.15) is 10.6 Å². The molecule has 140 valence electrons. The van der Waals surface area contributed by atoms with Crippen molar-refractivity contribution in [1.82, 2.24) is 8.87 Å². The van der Waals surface area contributed by atoms with Crippen molar-refractivity contribution in [1.29, 1.82) is 0 Å². The van der Waals surface area contributed by atoms with Gasteiger partial charge in [0.2, 0.25) is 10.0 Å². The second kappa shape index (κ2) is 7.84. The Kier molecular flexibility index (Phi) is 5.99. The van der Waals surface area contributed by atoms with E-state index in [0.29, 0.717) is 24.3 Å². The summed E-state index contributed by atoms with van der Waals surface area (Å²) >= 11 is 0. The largest absolute Gasteiger partial charge is 0.345 e. The Morgan fingerprint density at radius 2 is 1.69 bits per heavy atom. The molecule has 26 heavy (non-hydrogen) atoms. The number of ketones is 1. The molecule has 0 saturated carbocycles. The van der Waals surface area contributed by atoms with Crippen LogP contribution in [-0.2, 0) is 17.1 Å². The van der Waals surface area contributed by atoms with Crippen molar-refractivity contribution in [2.24, 2.45) is 7.05 Å². The highest BCUT2D eigenvalue weighted by molar-refractivity contribution is 7.89. The van der Waals surface area contributed by atoms with Crippen LogP contribution in [0.25, 0.3) is 0 Å². The zero-order chi connectivity index (χ0) is 19.5. The number of nitrogens with zero attached hydrogens (tertiary/aromatic N) is 2. The number of aromatic nitrogens is 1. The van der Waals surface area contributed by atoms with Crippen LogP contribution in [0.5, 0.6) is 0 Å². The number of amides is 1. The van der Waals surface area contributed by atoms with E-state index in [2.05, 4.69) is 5.32 Å². The molecule has 0 aliphatic carbocycles. The molecule has 0 spiro atoms. The molecule has 0 unspecified atom stereocenters. The zero-order valence-electron chi connectivity index (χ0n) is 15.3. The summed E-state index contributed by atoms with van der Waals surface area (Å²) in [6.07, 6.45) is 1.43. The quantitative estimate of drug-likeness (QED) is 0.751. The van der Waals surface area contributed by atoms with Crippen molar-refractivity contribution in [3.8, 4) is 0 Å². The highest BCUT2D eigenvalue weighted by Crippen LogP contribution is 2.19. The molecule has 1 aromatic heterocycles. The highest BCUT2D eigenvalue weighted by atomic mass is 32.2. The van der Waals surface area contributed by atoms with Crippen LogP contribution in [0.1, 0.15) is 41.6 Å². The summed E-state index contributed by atoms with van der Waals surface area (Å²) < 4.78 is 28.0. The number of Topliss-reactive ketones (excluding diaryl/α,β-unsaturated/α-hetero) is 1. The Labute approximate surface area is 153 Å². The molecule has 0 fully saturated rings. The molecule has 1 N–H and O–H groups in total. The number of nitrogens with one attached hydrogen (secondary N) is 1. The summed E-state index contributed by atoms with van der Waals surface area (Å²) in [5.41, 5.74) is 1.30. The third-order valence-corrected chi connectivity index (χ3v) is 6.12. The fraction of sp³-hybridized carbons (Fsp3) is 0.333. The Morgan fingerprint density at radius 3 is 2.19 bits per heavy atom. The fourth-order valence-electron chi connectivity index (χ4n) is 2.60. The molecule has 1 amide bonds. The van der Waals surface area contributed by atoms with Crippen LogP contribution in [0.3, 0.4) is 0 Å². The fourth-order valence-corrected chi connectivity index (χ4v) is 4.13. The summed E-state index contributed by atoms with van der Waals surface area (Å²) in [6, 6.07) is 7.88. The van der Waals surface area contributed by atoms with Crippen LogP contribution in [-0.4, -0.2) is 42.1 Å². The van der Waals surface area contributed by atoms with E-state index in [1.165, 1.54) is 28.1 Å². The molecule has 0 saturated heterocycles. The number of rotatable bonds is 7. The SMILES string of the molecule is CCN(CC)S(=O)(=O)c1cc(C(=O)Nc2ccc(C(C)=O)cc2)n(C)c1. The Balaban J connectivity index is 2.25. The van der Waals surface area contributed by atoms with Crippen LogP contribution in [0, 0.1) is 0 Å². The second-order valence-corrected chi connectivity index (χ2v) is 7.79. The van der Waals surface area contributed by atoms with Crippen LogP contribution in [0.15, 0.2) is 41.4 Å². The smallest absolute Gasteiger partial charge is 0.272 e. The average molecular weight is 377 g/mol. The lowest BCUT2D eigenvalue weighted by Gasteiger charge is -2.17. The van der Waals surface area contributed by atoms with Gasteiger partial charge < -0.3 is 9.88 Å². The second-order valence-electron chi connectivity index (χ2n) is 5.85. The van der Waals surface area contributed by atoms with Gasteiger partial charge in [-0.25, -0.2) is 8.42 Å². The van der Waals surface area contributed by atoms with Gasteiger partial charge in [0.25, 0.3) is 5.91 Å². The summed E-state index contributed by atoms with van der Waals surface area (Å²) in [4.78, 5) is 23.9. The Bertz CT molecular complexity index is 910. The van der Waals surface area contributed by atoms with E-state index in [4.69, 9.17) is 0 Å². The minimum Gasteiger partial charge on any atom is -0.345 e. The number of carbonyl (C=O) groups is 2. The monoisotopic (exact) mass is 377 g/mol. The maximum Gasteiger partial charge on any atom is 0.272 e. The molecule has 0 radical (unpaired) electrons. The van der Waals surface area contributed by atoms with Crippen molar-refractivity contribution in [3.05, 3.63) is 47.8 Å². The number of anilines is 1. The lowest BCUT2D eigenvalue weighted by atomic mass is 10.1. The number of carbonyl (C=O) groups excluding carboxylic acids is 2. The highest BCUT2D eigenvalue weighted by Gasteiger charge is 2.25. The van der Waals surface area contributed by atoms with Crippen LogP contribution in [0.2, 0.25) is 0 Å². The molecular formula is C18H23N3O4S. The number of aryl methyl sites for hydroxylation is 1. The third-order valence-electron chi connectivity index (χ3n) is 4.10. The molecule has 0 bridgehead atoms. The van der Waals surface area contributed by atoms with E-state index < -0.39 is 15.9 Å². The van der Waals surface area contributed by atoms with E-state index in [-0.39, 0.29) is 16.4 Å². The van der Waals surface area contributed by atoms with Crippen molar-refractivity contribution >= 4 is 27.4 Å². The molecule has 0 atom stereocenters. The van der Waals surface area contributed by atoms with Crippen LogP contribution >= 0.6 is 0 Å². The predicted molar refractivity (Wildman–Crippen MR) is 99.9 cm³/mol. The van der Waals surface area contributed by atoms with Gasteiger partial charge in [0.15, 0.2) is 5.78 Å². The first kappa shape index (κ1) is 19.9. The molecule has 1 heterocycles. The number of hydrogen-bond acceptors (Lipinski definition) is 4. The molecule has 1 aromatic carbocycles. The maximum absolute atomic E-state index is 12.6. The van der Waals surface area contributed by atoms with Gasteiger partial charge in [-0.2, -0.15) is 4.31 Å².